The van der Waals surface area contributed by atoms with Crippen molar-refractivity contribution in [3.8, 4) is 0 Å². The average molecular weight is 306 g/mol. The third kappa shape index (κ3) is 10.1. The molecule has 0 fully saturated rings. The first-order chi connectivity index (χ1) is 10.4. The van der Waals surface area contributed by atoms with Crippen molar-refractivity contribution in [1.29, 1.82) is 0 Å². The van der Waals surface area contributed by atoms with Crippen LogP contribution in [0.3, 0.4) is 0 Å². The molecule has 0 aliphatic heterocycles. The Morgan fingerprint density at radius 1 is 1.14 bits per heavy atom. The molecular formula is C19H30O3. The summed E-state index contributed by atoms with van der Waals surface area (Å²) in [5.74, 6) is -0.308. The monoisotopic (exact) mass is 306 g/mol. The molecule has 0 amide bonds. The van der Waals surface area contributed by atoms with Gasteiger partial charge in [0, 0.05) is 6.42 Å². The van der Waals surface area contributed by atoms with Gasteiger partial charge in [0.05, 0.1) is 12.5 Å². The lowest BCUT2D eigenvalue weighted by Gasteiger charge is -2.17. The number of unbranched alkanes of at least 4 members (excludes halogenated alkanes) is 1. The molecule has 3 nitrogen and oxygen atoms in total. The summed E-state index contributed by atoms with van der Waals surface area (Å²) in [4.78, 5) is 22.6. The normalized spacial score (nSPS) is 11.4. The van der Waals surface area contributed by atoms with Gasteiger partial charge in [-0.1, -0.05) is 63.1 Å². The van der Waals surface area contributed by atoms with Gasteiger partial charge in [0.2, 0.25) is 0 Å². The van der Waals surface area contributed by atoms with E-state index in [-0.39, 0.29) is 23.6 Å². The maximum absolute atomic E-state index is 11.6. The van der Waals surface area contributed by atoms with Crippen LogP contribution in [-0.4, -0.2) is 18.4 Å². The SMILES string of the molecule is CCCCOC(=O)C(CC(C)=O)C(C)C.Cc1ccccc1. The van der Waals surface area contributed by atoms with Crippen LogP contribution in [0.15, 0.2) is 30.3 Å². The Bertz CT molecular complexity index is 424. The Kier molecular flexibility index (Phi) is 11.1. The molecule has 3 heteroatoms. The van der Waals surface area contributed by atoms with Crippen molar-refractivity contribution in [2.45, 2.75) is 53.9 Å². The summed E-state index contributed by atoms with van der Waals surface area (Å²) < 4.78 is 5.12. The molecule has 0 aliphatic carbocycles. The first-order valence-corrected chi connectivity index (χ1v) is 8.06. The van der Waals surface area contributed by atoms with Crippen LogP contribution in [0.5, 0.6) is 0 Å². The summed E-state index contributed by atoms with van der Waals surface area (Å²) in [7, 11) is 0. The van der Waals surface area contributed by atoms with Crippen LogP contribution in [0.4, 0.5) is 0 Å². The van der Waals surface area contributed by atoms with Gasteiger partial charge < -0.3 is 9.53 Å². The Labute approximate surface area is 135 Å². The number of benzene rings is 1. The summed E-state index contributed by atoms with van der Waals surface area (Å²) in [5, 5.41) is 0. The summed E-state index contributed by atoms with van der Waals surface area (Å²) in [5.41, 5.74) is 1.32. The van der Waals surface area contributed by atoms with Gasteiger partial charge in [0.1, 0.15) is 5.78 Å². The number of carbonyl (C=O) groups excluding carboxylic acids is 2. The zero-order valence-corrected chi connectivity index (χ0v) is 14.6. The first kappa shape index (κ1) is 20.4. The highest BCUT2D eigenvalue weighted by Gasteiger charge is 2.24. The number of esters is 1. The van der Waals surface area contributed by atoms with E-state index in [0.29, 0.717) is 13.0 Å². The van der Waals surface area contributed by atoms with Crippen LogP contribution < -0.4 is 0 Å². The first-order valence-electron chi connectivity index (χ1n) is 8.06. The number of ether oxygens (including phenoxy) is 1. The van der Waals surface area contributed by atoms with E-state index in [1.165, 1.54) is 12.5 Å². The van der Waals surface area contributed by atoms with Crippen LogP contribution in [0.1, 0.15) is 52.5 Å². The molecule has 1 aromatic carbocycles. The van der Waals surface area contributed by atoms with E-state index in [0.717, 1.165) is 12.8 Å². The fraction of sp³-hybridized carbons (Fsp3) is 0.579. The third-order valence-corrected chi connectivity index (χ3v) is 3.30. The molecule has 0 saturated heterocycles. The third-order valence-electron chi connectivity index (χ3n) is 3.30. The van der Waals surface area contributed by atoms with E-state index in [4.69, 9.17) is 4.74 Å². The van der Waals surface area contributed by atoms with Crippen LogP contribution in [0, 0.1) is 18.8 Å². The van der Waals surface area contributed by atoms with Crippen molar-refractivity contribution in [3.05, 3.63) is 35.9 Å². The Balaban J connectivity index is 0.000000518. The van der Waals surface area contributed by atoms with Crippen LogP contribution in [0.25, 0.3) is 0 Å². The molecule has 0 aliphatic rings. The maximum Gasteiger partial charge on any atom is 0.309 e. The van der Waals surface area contributed by atoms with Crippen molar-refractivity contribution in [3.63, 3.8) is 0 Å². The molecule has 1 aromatic rings. The zero-order chi connectivity index (χ0) is 17.0. The molecule has 1 unspecified atom stereocenters. The highest BCUT2D eigenvalue weighted by atomic mass is 16.5. The molecule has 0 heterocycles. The van der Waals surface area contributed by atoms with Gasteiger partial charge in [-0.05, 0) is 26.2 Å². The molecule has 0 aromatic heterocycles. The second kappa shape index (κ2) is 12.0. The molecule has 22 heavy (non-hydrogen) atoms. The summed E-state index contributed by atoms with van der Waals surface area (Å²) in [6, 6.07) is 10.3. The molecular weight excluding hydrogens is 276 g/mol. The Morgan fingerprint density at radius 3 is 2.09 bits per heavy atom. The number of carbonyl (C=O) groups is 2. The van der Waals surface area contributed by atoms with Crippen molar-refractivity contribution < 1.29 is 14.3 Å². The minimum Gasteiger partial charge on any atom is -0.465 e. The van der Waals surface area contributed by atoms with E-state index in [9.17, 15) is 9.59 Å². The summed E-state index contributed by atoms with van der Waals surface area (Å²) >= 11 is 0. The molecule has 0 spiro atoms. The van der Waals surface area contributed by atoms with Crippen molar-refractivity contribution in [1.82, 2.24) is 0 Å². The number of Topliss-reactive ketones (excluding diaryl/α,β-unsaturated/α-hetero) is 1. The largest absolute Gasteiger partial charge is 0.465 e. The minimum atomic E-state index is -0.278. The molecule has 1 rings (SSSR count). The topological polar surface area (TPSA) is 43.4 Å². The predicted molar refractivity (Wildman–Crippen MR) is 90.7 cm³/mol. The Hall–Kier alpha value is -1.64. The van der Waals surface area contributed by atoms with Crippen molar-refractivity contribution in [2.75, 3.05) is 6.61 Å². The van der Waals surface area contributed by atoms with Crippen LogP contribution in [0.2, 0.25) is 0 Å². The number of rotatable bonds is 7. The van der Waals surface area contributed by atoms with Gasteiger partial charge in [0.15, 0.2) is 0 Å². The second-order valence-corrected chi connectivity index (χ2v) is 5.93. The van der Waals surface area contributed by atoms with E-state index in [1.54, 1.807) is 0 Å². The second-order valence-electron chi connectivity index (χ2n) is 5.93. The van der Waals surface area contributed by atoms with Gasteiger partial charge >= 0.3 is 5.97 Å². The number of aryl methyl sites for hydroxylation is 1. The van der Waals surface area contributed by atoms with E-state index >= 15 is 0 Å². The fourth-order valence-corrected chi connectivity index (χ4v) is 1.86. The van der Waals surface area contributed by atoms with Gasteiger partial charge in [0.25, 0.3) is 0 Å². The highest BCUT2D eigenvalue weighted by Crippen LogP contribution is 2.17. The quantitative estimate of drug-likeness (QED) is 0.547. The van der Waals surface area contributed by atoms with Gasteiger partial charge in [-0.15, -0.1) is 0 Å². The van der Waals surface area contributed by atoms with Gasteiger partial charge in [-0.25, -0.2) is 0 Å². The fourth-order valence-electron chi connectivity index (χ4n) is 1.86. The maximum atomic E-state index is 11.6. The van der Waals surface area contributed by atoms with Gasteiger partial charge in [-0.2, -0.15) is 0 Å². The average Bonchev–Trinajstić information content (AvgIpc) is 2.46. The lowest BCUT2D eigenvalue weighted by molar-refractivity contribution is -0.151. The number of hydrogen-bond donors (Lipinski definition) is 0. The van der Waals surface area contributed by atoms with Crippen LogP contribution >= 0.6 is 0 Å². The smallest absolute Gasteiger partial charge is 0.309 e. The molecule has 124 valence electrons. The van der Waals surface area contributed by atoms with Crippen LogP contribution in [-0.2, 0) is 14.3 Å². The van der Waals surface area contributed by atoms with Crippen molar-refractivity contribution in [2.24, 2.45) is 11.8 Å². The lowest BCUT2D eigenvalue weighted by Crippen LogP contribution is -2.25. The standard InChI is InChI=1S/C12H22O3.C7H8/c1-5-6-7-15-12(14)11(9(2)3)8-10(4)13;1-7-5-3-2-4-6-7/h9,11H,5-8H2,1-4H3;2-6H,1H3. The molecule has 0 radical (unpaired) electrons. The lowest BCUT2D eigenvalue weighted by atomic mass is 9.91. The molecule has 0 N–H and O–H groups in total. The summed E-state index contributed by atoms with van der Waals surface area (Å²) in [6.45, 7) is 9.98. The van der Waals surface area contributed by atoms with Gasteiger partial charge in [-0.3, -0.25) is 4.79 Å². The van der Waals surface area contributed by atoms with E-state index < -0.39 is 0 Å². The van der Waals surface area contributed by atoms with E-state index in [1.807, 2.05) is 39.0 Å². The number of hydrogen-bond acceptors (Lipinski definition) is 3. The molecule has 0 saturated carbocycles. The summed E-state index contributed by atoms with van der Waals surface area (Å²) in [6.07, 6.45) is 2.19. The molecule has 1 atom stereocenters. The number of ketones is 1. The Morgan fingerprint density at radius 2 is 1.73 bits per heavy atom. The predicted octanol–water partition coefficient (Wildman–Crippen LogP) is 4.58. The zero-order valence-electron chi connectivity index (χ0n) is 14.6. The van der Waals surface area contributed by atoms with E-state index in [2.05, 4.69) is 19.1 Å². The van der Waals surface area contributed by atoms with Crippen molar-refractivity contribution >= 4 is 11.8 Å². The minimum absolute atomic E-state index is 0.0427. The highest BCUT2D eigenvalue weighted by molar-refractivity contribution is 5.82. The molecule has 0 bridgehead atoms.